The predicted molar refractivity (Wildman–Crippen MR) is 81.9 cm³/mol. The van der Waals surface area contributed by atoms with Crippen LogP contribution in [0, 0.1) is 5.92 Å². The standard InChI is InChI=1S/C13H11Cl2N5O2/c14-8-1-2-9(15)10(4-8)18-11(21)3-7-5-20-13(16-6-17-20)19-12(7)22/h1-2,4,6-7H,3,5H2,(H,18,21)(H,16,17,19,22). The van der Waals surface area contributed by atoms with E-state index in [0.717, 1.165) is 0 Å². The molecule has 0 saturated heterocycles. The van der Waals surface area contributed by atoms with Crippen LogP contribution in [-0.2, 0) is 16.1 Å². The van der Waals surface area contributed by atoms with Gasteiger partial charge in [-0.1, -0.05) is 23.2 Å². The topological polar surface area (TPSA) is 88.9 Å². The van der Waals surface area contributed by atoms with Crippen LogP contribution >= 0.6 is 23.2 Å². The number of halogens is 2. The van der Waals surface area contributed by atoms with E-state index in [0.29, 0.717) is 28.2 Å². The third-order valence-corrected chi connectivity index (χ3v) is 3.81. The summed E-state index contributed by atoms with van der Waals surface area (Å²) < 4.78 is 1.55. The lowest BCUT2D eigenvalue weighted by atomic mass is 10.0. The summed E-state index contributed by atoms with van der Waals surface area (Å²) in [6, 6.07) is 4.77. The maximum Gasteiger partial charge on any atom is 0.232 e. The first-order chi connectivity index (χ1) is 10.5. The van der Waals surface area contributed by atoms with Crippen LogP contribution in [0.2, 0.25) is 10.0 Å². The number of benzene rings is 1. The molecule has 0 spiro atoms. The molecule has 0 saturated carbocycles. The molecular weight excluding hydrogens is 329 g/mol. The molecule has 0 fully saturated rings. The van der Waals surface area contributed by atoms with Gasteiger partial charge in [-0.3, -0.25) is 14.9 Å². The molecule has 1 aliphatic rings. The summed E-state index contributed by atoms with van der Waals surface area (Å²) in [6.45, 7) is 0.303. The van der Waals surface area contributed by atoms with E-state index in [4.69, 9.17) is 23.2 Å². The van der Waals surface area contributed by atoms with Crippen LogP contribution in [0.25, 0.3) is 0 Å². The van der Waals surface area contributed by atoms with Crippen LogP contribution in [0.1, 0.15) is 6.42 Å². The minimum absolute atomic E-state index is 0.00791. The van der Waals surface area contributed by atoms with Crippen molar-refractivity contribution in [3.63, 3.8) is 0 Å². The summed E-state index contributed by atoms with van der Waals surface area (Å²) in [6.07, 6.45) is 1.36. The van der Waals surface area contributed by atoms with E-state index in [-0.39, 0.29) is 18.2 Å². The minimum Gasteiger partial charge on any atom is -0.325 e. The van der Waals surface area contributed by atoms with Gasteiger partial charge in [0.2, 0.25) is 17.8 Å². The molecule has 0 aliphatic carbocycles. The molecule has 2 amide bonds. The predicted octanol–water partition coefficient (Wildman–Crippen LogP) is 2.18. The van der Waals surface area contributed by atoms with Gasteiger partial charge in [0.25, 0.3) is 0 Å². The van der Waals surface area contributed by atoms with Crippen molar-refractivity contribution in [2.75, 3.05) is 10.6 Å². The fourth-order valence-electron chi connectivity index (χ4n) is 2.17. The van der Waals surface area contributed by atoms with Gasteiger partial charge in [-0.05, 0) is 18.2 Å². The Bertz CT molecular complexity index is 746. The van der Waals surface area contributed by atoms with E-state index in [2.05, 4.69) is 20.7 Å². The smallest absolute Gasteiger partial charge is 0.232 e. The highest BCUT2D eigenvalue weighted by Gasteiger charge is 2.29. The summed E-state index contributed by atoms with van der Waals surface area (Å²) in [5, 5.41) is 10.1. The van der Waals surface area contributed by atoms with Gasteiger partial charge in [-0.15, -0.1) is 0 Å². The van der Waals surface area contributed by atoms with Crippen LogP contribution < -0.4 is 10.6 Å². The number of rotatable bonds is 3. The van der Waals surface area contributed by atoms with E-state index >= 15 is 0 Å². The monoisotopic (exact) mass is 339 g/mol. The third kappa shape index (κ3) is 3.05. The van der Waals surface area contributed by atoms with Gasteiger partial charge >= 0.3 is 0 Å². The average molecular weight is 340 g/mol. The van der Waals surface area contributed by atoms with Gasteiger partial charge in [0.05, 0.1) is 23.2 Å². The molecule has 1 aromatic carbocycles. The van der Waals surface area contributed by atoms with Crippen molar-refractivity contribution in [3.8, 4) is 0 Å². The molecule has 2 aromatic rings. The molecule has 9 heteroatoms. The van der Waals surface area contributed by atoms with E-state index < -0.39 is 5.92 Å². The summed E-state index contributed by atoms with van der Waals surface area (Å²) >= 11 is 11.9. The molecule has 1 aromatic heterocycles. The Hall–Kier alpha value is -2.12. The zero-order valence-corrected chi connectivity index (χ0v) is 12.7. The molecule has 1 aliphatic heterocycles. The van der Waals surface area contributed by atoms with Crippen LogP contribution in [0.5, 0.6) is 0 Å². The Labute approximate surface area is 135 Å². The lowest BCUT2D eigenvalue weighted by molar-refractivity contribution is -0.125. The van der Waals surface area contributed by atoms with Gasteiger partial charge < -0.3 is 5.32 Å². The average Bonchev–Trinajstić information content (AvgIpc) is 2.90. The highest BCUT2D eigenvalue weighted by atomic mass is 35.5. The Kier molecular flexibility index (Phi) is 4.00. The first kappa shape index (κ1) is 14.8. The summed E-state index contributed by atoms with van der Waals surface area (Å²) in [7, 11) is 0. The van der Waals surface area contributed by atoms with Crippen molar-refractivity contribution in [2.24, 2.45) is 5.92 Å². The van der Waals surface area contributed by atoms with Gasteiger partial charge in [0, 0.05) is 11.4 Å². The highest BCUT2D eigenvalue weighted by molar-refractivity contribution is 6.35. The molecule has 2 N–H and O–H groups in total. The second kappa shape index (κ2) is 5.94. The number of hydrogen-bond donors (Lipinski definition) is 2. The number of aromatic nitrogens is 3. The van der Waals surface area contributed by atoms with Crippen molar-refractivity contribution in [2.45, 2.75) is 13.0 Å². The largest absolute Gasteiger partial charge is 0.325 e. The summed E-state index contributed by atoms with van der Waals surface area (Å²) in [5.41, 5.74) is 0.414. The number of amides is 2. The van der Waals surface area contributed by atoms with Crippen LogP contribution in [-0.4, -0.2) is 26.6 Å². The number of hydrogen-bond acceptors (Lipinski definition) is 4. The summed E-state index contributed by atoms with van der Waals surface area (Å²) in [5.74, 6) is -0.715. The fourth-order valence-corrected chi connectivity index (χ4v) is 2.51. The highest BCUT2D eigenvalue weighted by Crippen LogP contribution is 2.26. The number of anilines is 2. The molecule has 2 heterocycles. The van der Waals surface area contributed by atoms with Crippen molar-refractivity contribution in [1.82, 2.24) is 14.8 Å². The lowest BCUT2D eigenvalue weighted by Crippen LogP contribution is -2.36. The molecule has 3 rings (SSSR count). The zero-order valence-electron chi connectivity index (χ0n) is 11.2. The molecular formula is C13H11Cl2N5O2. The number of fused-ring (bicyclic) bond motifs is 1. The molecule has 22 heavy (non-hydrogen) atoms. The van der Waals surface area contributed by atoms with Crippen LogP contribution in [0.4, 0.5) is 11.6 Å². The number of nitrogens with one attached hydrogen (secondary N) is 2. The Morgan fingerprint density at radius 3 is 3.09 bits per heavy atom. The quantitative estimate of drug-likeness (QED) is 0.896. The van der Waals surface area contributed by atoms with Gasteiger partial charge in [0.1, 0.15) is 6.33 Å². The minimum atomic E-state index is -0.521. The Morgan fingerprint density at radius 1 is 1.45 bits per heavy atom. The molecule has 1 atom stereocenters. The first-order valence-corrected chi connectivity index (χ1v) is 7.22. The third-order valence-electron chi connectivity index (χ3n) is 3.25. The Morgan fingerprint density at radius 2 is 2.27 bits per heavy atom. The first-order valence-electron chi connectivity index (χ1n) is 6.46. The number of carbonyl (C=O) groups excluding carboxylic acids is 2. The van der Waals surface area contributed by atoms with E-state index in [1.165, 1.54) is 6.33 Å². The summed E-state index contributed by atoms with van der Waals surface area (Å²) in [4.78, 5) is 27.9. The fraction of sp³-hybridized carbons (Fsp3) is 0.231. The Balaban J connectivity index is 1.67. The SMILES string of the molecule is O=C(CC1Cn2ncnc2NC1=O)Nc1cc(Cl)ccc1Cl. The number of nitrogens with zero attached hydrogens (tertiary/aromatic N) is 3. The molecule has 7 nitrogen and oxygen atoms in total. The van der Waals surface area contributed by atoms with E-state index in [9.17, 15) is 9.59 Å². The molecule has 1 unspecified atom stereocenters. The van der Waals surface area contributed by atoms with Crippen molar-refractivity contribution in [1.29, 1.82) is 0 Å². The lowest BCUT2D eigenvalue weighted by Gasteiger charge is -2.21. The van der Waals surface area contributed by atoms with Crippen molar-refractivity contribution >= 4 is 46.7 Å². The van der Waals surface area contributed by atoms with Crippen molar-refractivity contribution < 1.29 is 9.59 Å². The van der Waals surface area contributed by atoms with Gasteiger partial charge in [0.15, 0.2) is 0 Å². The molecule has 0 bridgehead atoms. The second-order valence-corrected chi connectivity index (χ2v) is 5.67. The van der Waals surface area contributed by atoms with Gasteiger partial charge in [-0.2, -0.15) is 10.1 Å². The molecule has 0 radical (unpaired) electrons. The van der Waals surface area contributed by atoms with E-state index in [1.807, 2.05) is 0 Å². The van der Waals surface area contributed by atoms with Gasteiger partial charge in [-0.25, -0.2) is 4.68 Å². The number of carbonyl (C=O) groups is 2. The maximum atomic E-state index is 12.1. The second-order valence-electron chi connectivity index (χ2n) is 4.83. The normalized spacial score (nSPS) is 16.8. The maximum absolute atomic E-state index is 12.1. The van der Waals surface area contributed by atoms with Crippen LogP contribution in [0.15, 0.2) is 24.5 Å². The molecule has 114 valence electrons. The van der Waals surface area contributed by atoms with E-state index in [1.54, 1.807) is 22.9 Å². The van der Waals surface area contributed by atoms with Crippen LogP contribution in [0.3, 0.4) is 0 Å². The van der Waals surface area contributed by atoms with Crippen molar-refractivity contribution in [3.05, 3.63) is 34.6 Å². The zero-order chi connectivity index (χ0) is 15.7.